The summed E-state index contributed by atoms with van der Waals surface area (Å²) in [5, 5.41) is 5.49. The molecule has 0 aliphatic rings. The van der Waals surface area contributed by atoms with Crippen molar-refractivity contribution in [3.63, 3.8) is 0 Å². The van der Waals surface area contributed by atoms with Gasteiger partial charge in [-0.25, -0.2) is 14.6 Å². The minimum Gasteiger partial charge on any atom is -0.424 e. The molecule has 1 aromatic carbocycles. The second kappa shape index (κ2) is 19.6. The molecule has 0 atom stereocenters. The van der Waals surface area contributed by atoms with E-state index < -0.39 is 0 Å². The standard InChI is InChI=1S/C33H47N7O7/c1-2-7-25(41)9-6-14-43-16-18-45-20-21-46-19-17-44-15-12-26(42)8-4-3-5-13-40-32-29(31(34)36-23-37-32)30(39-40)24-10-11-28-27(22-24)38-33(35)47-28/h10-11,22-23H,2-9,12-21H2,1H3,(H2,35,38)(H2,34,36,37). The zero-order valence-corrected chi connectivity index (χ0v) is 27.3. The lowest BCUT2D eigenvalue weighted by Gasteiger charge is -2.07. The van der Waals surface area contributed by atoms with Crippen molar-refractivity contribution in [1.82, 2.24) is 24.7 Å². The van der Waals surface area contributed by atoms with E-state index in [2.05, 4.69) is 15.0 Å². The number of fused-ring (bicyclic) bond motifs is 2. The van der Waals surface area contributed by atoms with Crippen LogP contribution < -0.4 is 11.5 Å². The van der Waals surface area contributed by atoms with E-state index in [9.17, 15) is 9.59 Å². The number of ketones is 2. The molecule has 0 bridgehead atoms. The summed E-state index contributed by atoms with van der Waals surface area (Å²) in [5.41, 5.74) is 15.3. The Morgan fingerprint density at radius 1 is 0.787 bits per heavy atom. The van der Waals surface area contributed by atoms with Crippen molar-refractivity contribution in [3.05, 3.63) is 24.5 Å². The number of benzene rings is 1. The highest BCUT2D eigenvalue weighted by atomic mass is 16.6. The Kier molecular flexibility index (Phi) is 15.0. The lowest BCUT2D eigenvalue weighted by atomic mass is 10.1. The van der Waals surface area contributed by atoms with Crippen LogP contribution in [-0.4, -0.2) is 89.2 Å². The second-order valence-electron chi connectivity index (χ2n) is 11.2. The molecule has 0 saturated heterocycles. The van der Waals surface area contributed by atoms with Crippen LogP contribution in [0.25, 0.3) is 33.4 Å². The van der Waals surface area contributed by atoms with Gasteiger partial charge in [-0.2, -0.15) is 10.1 Å². The van der Waals surface area contributed by atoms with Gasteiger partial charge in [0.05, 0.1) is 51.6 Å². The number of aryl methyl sites for hydroxylation is 1. The van der Waals surface area contributed by atoms with Gasteiger partial charge in [0.15, 0.2) is 11.2 Å². The van der Waals surface area contributed by atoms with Crippen molar-refractivity contribution in [3.8, 4) is 11.3 Å². The quantitative estimate of drug-likeness (QED) is 0.0948. The Balaban J connectivity index is 1.02. The van der Waals surface area contributed by atoms with Crippen molar-refractivity contribution in [2.75, 3.05) is 64.3 Å². The van der Waals surface area contributed by atoms with Crippen molar-refractivity contribution in [2.45, 2.75) is 71.3 Å². The molecular weight excluding hydrogens is 606 g/mol. The van der Waals surface area contributed by atoms with Crippen LogP contribution in [0.5, 0.6) is 0 Å². The molecular formula is C33H47N7O7. The number of anilines is 2. The first kappa shape index (κ1) is 35.9. The van der Waals surface area contributed by atoms with Gasteiger partial charge in [-0.05, 0) is 43.9 Å². The van der Waals surface area contributed by atoms with Crippen LogP contribution >= 0.6 is 0 Å². The van der Waals surface area contributed by atoms with Crippen LogP contribution in [0.3, 0.4) is 0 Å². The Labute approximate surface area is 274 Å². The lowest BCUT2D eigenvalue weighted by molar-refractivity contribution is -0.120. The summed E-state index contributed by atoms with van der Waals surface area (Å²) >= 11 is 0. The molecule has 14 nitrogen and oxygen atoms in total. The Morgan fingerprint density at radius 2 is 1.47 bits per heavy atom. The zero-order valence-electron chi connectivity index (χ0n) is 27.3. The van der Waals surface area contributed by atoms with Crippen molar-refractivity contribution < 1.29 is 33.0 Å². The van der Waals surface area contributed by atoms with E-state index in [4.69, 9.17) is 39.9 Å². The third-order valence-corrected chi connectivity index (χ3v) is 7.48. The summed E-state index contributed by atoms with van der Waals surface area (Å²) in [6.45, 7) is 6.43. The smallest absolute Gasteiger partial charge is 0.292 e. The number of carbonyl (C=O) groups excluding carboxylic acids is 2. The van der Waals surface area contributed by atoms with Gasteiger partial charge in [0.2, 0.25) is 0 Å². The maximum Gasteiger partial charge on any atom is 0.292 e. The number of unbranched alkanes of at least 4 members (excludes halogenated alkanes) is 2. The lowest BCUT2D eigenvalue weighted by Crippen LogP contribution is -2.13. The number of carbonyl (C=O) groups is 2. The van der Waals surface area contributed by atoms with Gasteiger partial charge in [0.25, 0.3) is 6.01 Å². The number of hydrogen-bond donors (Lipinski definition) is 2. The summed E-state index contributed by atoms with van der Waals surface area (Å²) in [4.78, 5) is 36.6. The fourth-order valence-electron chi connectivity index (χ4n) is 5.09. The molecule has 3 heterocycles. The van der Waals surface area contributed by atoms with Crippen molar-refractivity contribution in [1.29, 1.82) is 0 Å². The molecule has 256 valence electrons. The van der Waals surface area contributed by atoms with E-state index in [1.54, 1.807) is 6.07 Å². The van der Waals surface area contributed by atoms with Crippen LogP contribution in [0.15, 0.2) is 28.9 Å². The summed E-state index contributed by atoms with van der Waals surface area (Å²) in [6, 6.07) is 5.64. The number of ether oxygens (including phenoxy) is 4. The van der Waals surface area contributed by atoms with Gasteiger partial charge in [-0.15, -0.1) is 0 Å². The summed E-state index contributed by atoms with van der Waals surface area (Å²) < 4.78 is 29.2. The molecule has 0 aliphatic heterocycles. The molecule has 0 radical (unpaired) electrons. The number of nitrogens with two attached hydrogens (primary N) is 2. The average Bonchev–Trinajstić information content (AvgIpc) is 3.62. The largest absolute Gasteiger partial charge is 0.424 e. The molecule has 4 rings (SSSR count). The third-order valence-electron chi connectivity index (χ3n) is 7.48. The molecule has 47 heavy (non-hydrogen) atoms. The van der Waals surface area contributed by atoms with E-state index in [-0.39, 0.29) is 11.8 Å². The number of oxazole rings is 1. The SMILES string of the molecule is CCCC(=O)CCCOCCOCCOCCOCCC(=O)CCCCCn1nc(-c2ccc3oc(N)nc3c2)c2c(N)ncnc21. The molecule has 0 fully saturated rings. The van der Waals surface area contributed by atoms with Gasteiger partial charge in [-0.3, -0.25) is 9.59 Å². The van der Waals surface area contributed by atoms with Gasteiger partial charge >= 0.3 is 0 Å². The summed E-state index contributed by atoms with van der Waals surface area (Å²) in [7, 11) is 0. The molecule has 4 N–H and O–H groups in total. The van der Waals surface area contributed by atoms with E-state index in [0.29, 0.717) is 125 Å². The molecule has 0 unspecified atom stereocenters. The normalized spacial score (nSPS) is 11.6. The average molecular weight is 654 g/mol. The molecule has 0 saturated carbocycles. The van der Waals surface area contributed by atoms with Crippen LogP contribution in [0.4, 0.5) is 11.8 Å². The van der Waals surface area contributed by atoms with E-state index in [1.165, 1.54) is 6.33 Å². The number of hydrogen-bond acceptors (Lipinski definition) is 13. The maximum atomic E-state index is 12.3. The highest BCUT2D eigenvalue weighted by Crippen LogP contribution is 2.32. The predicted molar refractivity (Wildman–Crippen MR) is 178 cm³/mol. The summed E-state index contributed by atoms with van der Waals surface area (Å²) in [5.74, 6) is 0.838. The minimum atomic E-state index is 0.104. The molecule has 0 spiro atoms. The monoisotopic (exact) mass is 653 g/mol. The van der Waals surface area contributed by atoms with Gasteiger partial charge in [0, 0.05) is 44.4 Å². The van der Waals surface area contributed by atoms with Crippen molar-refractivity contribution in [2.24, 2.45) is 0 Å². The van der Waals surface area contributed by atoms with Crippen LogP contribution in [0, 0.1) is 0 Å². The van der Waals surface area contributed by atoms with Gasteiger partial charge in [0.1, 0.15) is 34.9 Å². The van der Waals surface area contributed by atoms with Crippen LogP contribution in [0.1, 0.15) is 64.7 Å². The topological polar surface area (TPSA) is 193 Å². The van der Waals surface area contributed by atoms with Crippen LogP contribution in [0.2, 0.25) is 0 Å². The van der Waals surface area contributed by atoms with Gasteiger partial charge in [-0.1, -0.05) is 13.3 Å². The molecule has 3 aromatic heterocycles. The van der Waals surface area contributed by atoms with E-state index in [0.717, 1.165) is 37.7 Å². The predicted octanol–water partition coefficient (Wildman–Crippen LogP) is 4.53. The number of Topliss-reactive ketones (excluding diaryl/α,β-unsaturated/α-hetero) is 2. The highest BCUT2D eigenvalue weighted by Gasteiger charge is 2.18. The zero-order chi connectivity index (χ0) is 33.3. The third kappa shape index (κ3) is 11.6. The number of nitrogen functional groups attached to an aromatic ring is 2. The Morgan fingerprint density at radius 3 is 2.21 bits per heavy atom. The first-order chi connectivity index (χ1) is 23.0. The Hall–Kier alpha value is -3.98. The first-order valence-electron chi connectivity index (χ1n) is 16.4. The molecule has 0 aliphatic carbocycles. The van der Waals surface area contributed by atoms with E-state index >= 15 is 0 Å². The minimum absolute atomic E-state index is 0.104. The molecule has 0 amide bonds. The van der Waals surface area contributed by atoms with Crippen molar-refractivity contribution >= 4 is 45.5 Å². The summed E-state index contributed by atoms with van der Waals surface area (Å²) in [6.07, 6.45) is 7.73. The Bertz CT molecular complexity index is 1560. The molecule has 14 heteroatoms. The number of nitrogens with zero attached hydrogens (tertiary/aromatic N) is 5. The fraction of sp³-hybridized carbons (Fsp3) is 0.576. The number of aromatic nitrogens is 5. The first-order valence-corrected chi connectivity index (χ1v) is 16.4. The highest BCUT2D eigenvalue weighted by molar-refractivity contribution is 5.99. The fourth-order valence-corrected chi connectivity index (χ4v) is 5.09. The van der Waals surface area contributed by atoms with E-state index in [1.807, 2.05) is 23.7 Å². The van der Waals surface area contributed by atoms with Crippen LogP contribution in [-0.2, 0) is 35.1 Å². The maximum absolute atomic E-state index is 12.3. The second-order valence-corrected chi connectivity index (χ2v) is 11.2. The molecule has 4 aromatic rings. The van der Waals surface area contributed by atoms with Gasteiger partial charge < -0.3 is 34.8 Å². The number of rotatable bonds is 25.